The average molecular weight is 323 g/mol. The predicted molar refractivity (Wildman–Crippen MR) is 91.6 cm³/mol. The van der Waals surface area contributed by atoms with Crippen molar-refractivity contribution in [2.45, 2.75) is 6.92 Å². The number of carbonyl (C=O) groups is 2. The van der Waals surface area contributed by atoms with E-state index in [9.17, 15) is 9.59 Å². The molecule has 2 aromatic heterocycles. The maximum absolute atomic E-state index is 12.7. The Hall–Kier alpha value is -3.15. The summed E-state index contributed by atoms with van der Waals surface area (Å²) in [6.07, 6.45) is 1.49. The van der Waals surface area contributed by atoms with Crippen molar-refractivity contribution in [3.63, 3.8) is 0 Å². The number of rotatable bonds is 4. The number of H-pyrrole nitrogens is 1. The van der Waals surface area contributed by atoms with E-state index in [2.05, 4.69) is 9.97 Å². The summed E-state index contributed by atoms with van der Waals surface area (Å²) in [5.41, 5.74) is 2.44. The van der Waals surface area contributed by atoms with Gasteiger partial charge in [0.15, 0.2) is 0 Å². The first kappa shape index (κ1) is 15.7. The zero-order chi connectivity index (χ0) is 17.3. The Labute approximate surface area is 139 Å². The summed E-state index contributed by atoms with van der Waals surface area (Å²) in [7, 11) is 3.06. The number of aromatic amines is 1. The molecule has 0 bridgehead atoms. The SMILES string of the molecule is COc1ccc(N(C)C(=O)C(=O)c2c(C)[nH]c3ccccc23)cn1. The minimum atomic E-state index is -0.616. The molecular weight excluding hydrogens is 306 g/mol. The van der Waals surface area contributed by atoms with Crippen molar-refractivity contribution in [3.8, 4) is 5.88 Å². The van der Waals surface area contributed by atoms with Gasteiger partial charge >= 0.3 is 0 Å². The maximum atomic E-state index is 12.7. The number of nitrogens with one attached hydrogen (secondary N) is 1. The van der Waals surface area contributed by atoms with Crippen molar-refractivity contribution in [3.05, 3.63) is 53.9 Å². The van der Waals surface area contributed by atoms with Gasteiger partial charge in [-0.2, -0.15) is 0 Å². The fraction of sp³-hybridized carbons (Fsp3) is 0.167. The van der Waals surface area contributed by atoms with Crippen molar-refractivity contribution in [2.75, 3.05) is 19.1 Å². The highest BCUT2D eigenvalue weighted by atomic mass is 16.5. The number of amides is 1. The summed E-state index contributed by atoms with van der Waals surface area (Å²) >= 11 is 0. The van der Waals surface area contributed by atoms with E-state index in [0.29, 0.717) is 22.8 Å². The van der Waals surface area contributed by atoms with Crippen LogP contribution in [0.4, 0.5) is 5.69 Å². The van der Waals surface area contributed by atoms with Crippen molar-refractivity contribution < 1.29 is 14.3 Å². The lowest BCUT2D eigenvalue weighted by molar-refractivity contribution is -0.114. The predicted octanol–water partition coefficient (Wildman–Crippen LogP) is 2.73. The molecule has 0 spiro atoms. The van der Waals surface area contributed by atoms with Gasteiger partial charge < -0.3 is 14.6 Å². The Morgan fingerprint density at radius 3 is 2.58 bits per heavy atom. The third-order valence-electron chi connectivity index (χ3n) is 3.94. The van der Waals surface area contributed by atoms with Crippen molar-refractivity contribution in [2.24, 2.45) is 0 Å². The summed E-state index contributed by atoms with van der Waals surface area (Å²) in [5, 5.41) is 0.745. The number of pyridine rings is 1. The summed E-state index contributed by atoms with van der Waals surface area (Å²) in [4.78, 5) is 33.8. The standard InChI is InChI=1S/C18H17N3O3/c1-11-16(13-6-4-5-7-14(13)20-11)17(22)18(23)21(2)12-8-9-15(24-3)19-10-12/h4-10,20H,1-3H3. The molecular formula is C18H17N3O3. The molecule has 0 aliphatic carbocycles. The highest BCUT2D eigenvalue weighted by molar-refractivity contribution is 6.49. The van der Waals surface area contributed by atoms with Gasteiger partial charge in [0.1, 0.15) is 0 Å². The molecule has 0 atom stereocenters. The van der Waals surface area contributed by atoms with Crippen LogP contribution in [0.15, 0.2) is 42.6 Å². The Morgan fingerprint density at radius 1 is 1.17 bits per heavy atom. The Balaban J connectivity index is 1.93. The van der Waals surface area contributed by atoms with Gasteiger partial charge in [-0.1, -0.05) is 18.2 Å². The molecule has 0 unspecified atom stereocenters. The molecule has 2 heterocycles. The quantitative estimate of drug-likeness (QED) is 0.592. The third-order valence-corrected chi connectivity index (χ3v) is 3.94. The monoisotopic (exact) mass is 323 g/mol. The van der Waals surface area contributed by atoms with Gasteiger partial charge in [0.25, 0.3) is 11.7 Å². The Morgan fingerprint density at radius 2 is 1.92 bits per heavy atom. The number of likely N-dealkylation sites (N-methyl/N-ethyl adjacent to an activating group) is 1. The van der Waals surface area contributed by atoms with Crippen molar-refractivity contribution in [1.82, 2.24) is 9.97 Å². The van der Waals surface area contributed by atoms with Crippen LogP contribution in [-0.2, 0) is 4.79 Å². The fourth-order valence-corrected chi connectivity index (χ4v) is 2.64. The molecule has 0 saturated carbocycles. The molecule has 6 nitrogen and oxygen atoms in total. The summed E-state index contributed by atoms with van der Waals surface area (Å²) in [5.74, 6) is -0.725. The number of nitrogens with zero attached hydrogens (tertiary/aromatic N) is 2. The number of Topliss-reactive ketones (excluding diaryl/α,β-unsaturated/α-hetero) is 1. The fourth-order valence-electron chi connectivity index (χ4n) is 2.64. The van der Waals surface area contributed by atoms with E-state index in [-0.39, 0.29) is 0 Å². The molecule has 3 aromatic rings. The average Bonchev–Trinajstić information content (AvgIpc) is 2.95. The summed E-state index contributed by atoms with van der Waals surface area (Å²) in [6, 6.07) is 10.7. The molecule has 122 valence electrons. The maximum Gasteiger partial charge on any atom is 0.299 e. The van der Waals surface area contributed by atoms with E-state index in [1.807, 2.05) is 24.3 Å². The number of ether oxygens (including phenoxy) is 1. The summed E-state index contributed by atoms with van der Waals surface area (Å²) in [6.45, 7) is 1.79. The van der Waals surface area contributed by atoms with Gasteiger partial charge in [-0.15, -0.1) is 0 Å². The van der Waals surface area contributed by atoms with E-state index in [1.54, 1.807) is 26.1 Å². The van der Waals surface area contributed by atoms with Crippen LogP contribution in [0.25, 0.3) is 10.9 Å². The Kier molecular flexibility index (Phi) is 4.04. The normalized spacial score (nSPS) is 10.6. The molecule has 0 aliphatic heterocycles. The number of carbonyl (C=O) groups excluding carboxylic acids is 2. The number of hydrogen-bond acceptors (Lipinski definition) is 4. The third kappa shape index (κ3) is 2.62. The van der Waals surface area contributed by atoms with Gasteiger partial charge in [-0.25, -0.2) is 4.98 Å². The van der Waals surface area contributed by atoms with Gasteiger partial charge in [0.2, 0.25) is 5.88 Å². The van der Waals surface area contributed by atoms with E-state index < -0.39 is 11.7 Å². The van der Waals surface area contributed by atoms with E-state index in [1.165, 1.54) is 18.2 Å². The zero-order valence-electron chi connectivity index (χ0n) is 13.7. The molecule has 0 radical (unpaired) electrons. The smallest absolute Gasteiger partial charge is 0.299 e. The second kappa shape index (κ2) is 6.16. The number of aryl methyl sites for hydroxylation is 1. The molecule has 1 amide bonds. The largest absolute Gasteiger partial charge is 0.481 e. The van der Waals surface area contributed by atoms with Gasteiger partial charge in [0.05, 0.1) is 24.6 Å². The van der Waals surface area contributed by atoms with Crippen LogP contribution in [0.3, 0.4) is 0 Å². The highest BCUT2D eigenvalue weighted by Crippen LogP contribution is 2.24. The number of para-hydroxylation sites is 1. The first-order valence-electron chi connectivity index (χ1n) is 7.42. The number of aromatic nitrogens is 2. The highest BCUT2D eigenvalue weighted by Gasteiger charge is 2.26. The Bertz CT molecular complexity index is 913. The van der Waals surface area contributed by atoms with Crippen LogP contribution in [0.2, 0.25) is 0 Å². The van der Waals surface area contributed by atoms with Gasteiger partial charge in [0, 0.05) is 29.7 Å². The molecule has 1 N–H and O–H groups in total. The number of hydrogen-bond donors (Lipinski definition) is 1. The first-order chi connectivity index (χ1) is 11.5. The lowest BCUT2D eigenvalue weighted by Gasteiger charge is -2.16. The van der Waals surface area contributed by atoms with Crippen LogP contribution in [-0.4, -0.2) is 35.8 Å². The van der Waals surface area contributed by atoms with Crippen molar-refractivity contribution >= 4 is 28.3 Å². The van der Waals surface area contributed by atoms with Crippen LogP contribution in [0.5, 0.6) is 5.88 Å². The first-order valence-corrected chi connectivity index (χ1v) is 7.42. The summed E-state index contributed by atoms with van der Waals surface area (Å²) < 4.78 is 4.99. The van der Waals surface area contributed by atoms with E-state index >= 15 is 0 Å². The lowest BCUT2D eigenvalue weighted by atomic mass is 10.1. The van der Waals surface area contributed by atoms with Crippen LogP contribution >= 0.6 is 0 Å². The van der Waals surface area contributed by atoms with Crippen LogP contribution in [0, 0.1) is 6.92 Å². The van der Waals surface area contributed by atoms with Gasteiger partial charge in [-0.3, -0.25) is 9.59 Å². The van der Waals surface area contributed by atoms with Crippen LogP contribution < -0.4 is 9.64 Å². The molecule has 3 rings (SSSR count). The minimum absolute atomic E-state index is 0.406. The number of anilines is 1. The van der Waals surface area contributed by atoms with E-state index in [0.717, 1.165) is 10.9 Å². The number of ketones is 1. The minimum Gasteiger partial charge on any atom is -0.481 e. The number of benzene rings is 1. The molecule has 6 heteroatoms. The number of fused-ring (bicyclic) bond motifs is 1. The van der Waals surface area contributed by atoms with Crippen molar-refractivity contribution in [1.29, 1.82) is 0 Å². The number of methoxy groups -OCH3 is 1. The molecule has 24 heavy (non-hydrogen) atoms. The van der Waals surface area contributed by atoms with Crippen LogP contribution in [0.1, 0.15) is 16.1 Å². The molecule has 1 aromatic carbocycles. The second-order valence-electron chi connectivity index (χ2n) is 5.42. The van der Waals surface area contributed by atoms with E-state index in [4.69, 9.17) is 4.74 Å². The lowest BCUT2D eigenvalue weighted by Crippen LogP contribution is -2.33. The second-order valence-corrected chi connectivity index (χ2v) is 5.42. The topological polar surface area (TPSA) is 75.3 Å². The zero-order valence-corrected chi connectivity index (χ0v) is 13.7. The molecule has 0 saturated heterocycles. The molecule has 0 aliphatic rings. The van der Waals surface area contributed by atoms with Gasteiger partial charge in [-0.05, 0) is 19.1 Å². The molecule has 0 fully saturated rings.